The van der Waals surface area contributed by atoms with Crippen molar-refractivity contribution < 1.29 is 32.2 Å². The monoisotopic (exact) mass is 352 g/mol. The Morgan fingerprint density at radius 1 is 1.08 bits per heavy atom. The topological polar surface area (TPSA) is 52.6 Å². The van der Waals surface area contributed by atoms with Crippen LogP contribution in [0.4, 0.5) is 13.2 Å². The van der Waals surface area contributed by atoms with Crippen LogP contribution in [-0.4, -0.2) is 30.3 Å². The quantitative estimate of drug-likeness (QED) is 0.631. The zero-order valence-corrected chi connectivity index (χ0v) is 14.6. The molecule has 1 aliphatic carbocycles. The Labute approximate surface area is 141 Å². The molecule has 1 fully saturated rings. The summed E-state index contributed by atoms with van der Waals surface area (Å²) in [7, 11) is 0. The SMILES string of the molecule is CCC(C)(C)C(=O)OC1(CCC(=O)OCC(F)(F)F)CCCCC1. The molecule has 1 saturated carbocycles. The molecular formula is C17H27F3O4. The van der Waals surface area contributed by atoms with Crippen molar-refractivity contribution >= 4 is 11.9 Å². The second-order valence-corrected chi connectivity index (χ2v) is 7.15. The third-order valence-electron chi connectivity index (χ3n) is 4.69. The van der Waals surface area contributed by atoms with Gasteiger partial charge in [0.1, 0.15) is 5.60 Å². The van der Waals surface area contributed by atoms with Gasteiger partial charge in [-0.1, -0.05) is 13.3 Å². The normalized spacial score (nSPS) is 18.1. The molecule has 0 aromatic rings. The molecular weight excluding hydrogens is 325 g/mol. The van der Waals surface area contributed by atoms with E-state index in [0.717, 1.165) is 19.3 Å². The number of ether oxygens (including phenoxy) is 2. The molecule has 0 saturated heterocycles. The van der Waals surface area contributed by atoms with Gasteiger partial charge in [0.25, 0.3) is 0 Å². The highest BCUT2D eigenvalue weighted by molar-refractivity contribution is 5.76. The number of hydrogen-bond donors (Lipinski definition) is 0. The molecule has 0 aromatic heterocycles. The Balaban J connectivity index is 2.65. The van der Waals surface area contributed by atoms with Crippen molar-refractivity contribution in [3.8, 4) is 0 Å². The molecule has 0 atom stereocenters. The minimum Gasteiger partial charge on any atom is -0.459 e. The second-order valence-electron chi connectivity index (χ2n) is 7.15. The highest BCUT2D eigenvalue weighted by Gasteiger charge is 2.40. The molecule has 0 N–H and O–H groups in total. The molecule has 1 aliphatic rings. The van der Waals surface area contributed by atoms with Crippen LogP contribution in [0.15, 0.2) is 0 Å². The highest BCUT2D eigenvalue weighted by atomic mass is 19.4. The van der Waals surface area contributed by atoms with E-state index in [1.54, 1.807) is 13.8 Å². The molecule has 0 heterocycles. The molecule has 0 amide bonds. The number of halogens is 3. The maximum absolute atomic E-state index is 12.4. The van der Waals surface area contributed by atoms with Gasteiger partial charge < -0.3 is 9.47 Å². The summed E-state index contributed by atoms with van der Waals surface area (Å²) < 4.78 is 46.2. The van der Waals surface area contributed by atoms with Crippen LogP contribution in [-0.2, 0) is 19.1 Å². The van der Waals surface area contributed by atoms with Crippen LogP contribution < -0.4 is 0 Å². The standard InChI is InChI=1S/C17H27F3O4/c1-4-15(2,3)14(22)24-16(9-6-5-7-10-16)11-8-13(21)23-12-17(18,19)20/h4-12H2,1-3H3. The zero-order valence-electron chi connectivity index (χ0n) is 14.6. The van der Waals surface area contributed by atoms with Crippen molar-refractivity contribution in [1.82, 2.24) is 0 Å². The van der Waals surface area contributed by atoms with E-state index >= 15 is 0 Å². The van der Waals surface area contributed by atoms with Crippen molar-refractivity contribution in [2.45, 2.75) is 83.9 Å². The molecule has 140 valence electrons. The minimum absolute atomic E-state index is 0.185. The molecule has 0 aliphatic heterocycles. The van der Waals surface area contributed by atoms with Gasteiger partial charge in [0.15, 0.2) is 6.61 Å². The van der Waals surface area contributed by atoms with Crippen LogP contribution in [0.5, 0.6) is 0 Å². The maximum atomic E-state index is 12.4. The van der Waals surface area contributed by atoms with Crippen LogP contribution in [0.25, 0.3) is 0 Å². The number of esters is 2. The van der Waals surface area contributed by atoms with Gasteiger partial charge in [-0.15, -0.1) is 0 Å². The number of rotatable bonds is 7. The third kappa shape index (κ3) is 6.69. The molecule has 0 aromatic carbocycles. The Kier molecular flexibility index (Phi) is 7.10. The van der Waals surface area contributed by atoms with E-state index in [2.05, 4.69) is 4.74 Å². The number of alkyl halides is 3. The van der Waals surface area contributed by atoms with E-state index < -0.39 is 29.8 Å². The Morgan fingerprint density at radius 2 is 1.67 bits per heavy atom. The minimum atomic E-state index is -4.53. The lowest BCUT2D eigenvalue weighted by molar-refractivity contribution is -0.188. The van der Waals surface area contributed by atoms with E-state index in [1.807, 2.05) is 6.92 Å². The second kappa shape index (κ2) is 8.21. The molecule has 24 heavy (non-hydrogen) atoms. The van der Waals surface area contributed by atoms with Crippen molar-refractivity contribution in [2.24, 2.45) is 5.41 Å². The molecule has 0 bridgehead atoms. The number of carbonyl (C=O) groups excluding carboxylic acids is 2. The van der Waals surface area contributed by atoms with Crippen molar-refractivity contribution in [3.63, 3.8) is 0 Å². The van der Waals surface area contributed by atoms with Crippen LogP contribution in [0.2, 0.25) is 0 Å². The van der Waals surface area contributed by atoms with Gasteiger partial charge in [0.05, 0.1) is 5.41 Å². The fourth-order valence-electron chi connectivity index (χ4n) is 2.64. The molecule has 1 rings (SSSR count). The Bertz CT molecular complexity index is 438. The Hall–Kier alpha value is -1.27. The van der Waals surface area contributed by atoms with Gasteiger partial charge in [0, 0.05) is 6.42 Å². The fraction of sp³-hybridized carbons (Fsp3) is 0.882. The highest BCUT2D eigenvalue weighted by Crippen LogP contribution is 2.38. The van der Waals surface area contributed by atoms with Crippen LogP contribution in [0.1, 0.15) is 72.1 Å². The first-order chi connectivity index (χ1) is 11.0. The number of carbonyl (C=O) groups is 2. The van der Waals surface area contributed by atoms with Gasteiger partial charge in [-0.05, 0) is 52.4 Å². The summed E-state index contributed by atoms with van der Waals surface area (Å²) in [5.41, 5.74) is -1.39. The lowest BCUT2D eigenvalue weighted by Gasteiger charge is -2.39. The zero-order chi connectivity index (χ0) is 18.4. The van der Waals surface area contributed by atoms with E-state index in [0.29, 0.717) is 19.3 Å². The average molecular weight is 352 g/mol. The summed E-state index contributed by atoms with van der Waals surface area (Å²) >= 11 is 0. The van der Waals surface area contributed by atoms with Crippen molar-refractivity contribution in [1.29, 1.82) is 0 Å². The first-order valence-electron chi connectivity index (χ1n) is 8.45. The van der Waals surface area contributed by atoms with Crippen LogP contribution >= 0.6 is 0 Å². The summed E-state index contributed by atoms with van der Waals surface area (Å²) in [6, 6.07) is 0. The van der Waals surface area contributed by atoms with Gasteiger partial charge in [-0.2, -0.15) is 13.2 Å². The predicted molar refractivity (Wildman–Crippen MR) is 82.2 cm³/mol. The Morgan fingerprint density at radius 3 is 2.17 bits per heavy atom. The lowest BCUT2D eigenvalue weighted by atomic mass is 9.80. The van der Waals surface area contributed by atoms with Gasteiger partial charge >= 0.3 is 18.1 Å². The molecule has 7 heteroatoms. The number of hydrogen-bond acceptors (Lipinski definition) is 4. The van der Waals surface area contributed by atoms with E-state index in [4.69, 9.17) is 4.74 Å². The third-order valence-corrected chi connectivity index (χ3v) is 4.69. The lowest BCUT2D eigenvalue weighted by Crippen LogP contribution is -2.41. The summed E-state index contributed by atoms with van der Waals surface area (Å²) in [6.07, 6.45) is 0.135. The van der Waals surface area contributed by atoms with E-state index in [9.17, 15) is 22.8 Å². The summed E-state index contributed by atoms with van der Waals surface area (Å²) in [6.45, 7) is 3.90. The van der Waals surface area contributed by atoms with Gasteiger partial charge in [-0.3, -0.25) is 9.59 Å². The predicted octanol–water partition coefficient (Wildman–Crippen LogP) is 4.55. The smallest absolute Gasteiger partial charge is 0.422 e. The summed E-state index contributed by atoms with van der Waals surface area (Å²) in [4.78, 5) is 23.9. The molecule has 4 nitrogen and oxygen atoms in total. The first-order valence-corrected chi connectivity index (χ1v) is 8.45. The fourth-order valence-corrected chi connectivity index (χ4v) is 2.64. The summed E-state index contributed by atoms with van der Waals surface area (Å²) in [5, 5.41) is 0. The van der Waals surface area contributed by atoms with E-state index in [1.165, 1.54) is 0 Å². The molecule has 0 spiro atoms. The van der Waals surface area contributed by atoms with Crippen LogP contribution in [0, 0.1) is 5.41 Å². The van der Waals surface area contributed by atoms with Crippen LogP contribution in [0.3, 0.4) is 0 Å². The van der Waals surface area contributed by atoms with Gasteiger partial charge in [-0.25, -0.2) is 0 Å². The molecule has 0 radical (unpaired) electrons. The summed E-state index contributed by atoms with van der Waals surface area (Å²) in [5.74, 6) is -1.24. The average Bonchev–Trinajstić information content (AvgIpc) is 2.51. The first kappa shape index (κ1) is 20.8. The van der Waals surface area contributed by atoms with Crippen molar-refractivity contribution in [2.75, 3.05) is 6.61 Å². The molecule has 0 unspecified atom stereocenters. The largest absolute Gasteiger partial charge is 0.459 e. The van der Waals surface area contributed by atoms with Crippen molar-refractivity contribution in [3.05, 3.63) is 0 Å². The van der Waals surface area contributed by atoms with E-state index in [-0.39, 0.29) is 18.8 Å². The maximum Gasteiger partial charge on any atom is 0.422 e. The van der Waals surface area contributed by atoms with Gasteiger partial charge in [0.2, 0.25) is 0 Å².